The maximum atomic E-state index is 13.5. The second-order valence-electron chi connectivity index (χ2n) is 6.39. The molecular formula is C15H22BrFN4O2. The van der Waals surface area contributed by atoms with Gasteiger partial charge in [-0.15, -0.1) is 0 Å². The molecule has 1 atom stereocenters. The van der Waals surface area contributed by atoms with Crippen molar-refractivity contribution in [2.45, 2.75) is 32.5 Å². The van der Waals surface area contributed by atoms with E-state index in [0.29, 0.717) is 37.7 Å². The van der Waals surface area contributed by atoms with Crippen molar-refractivity contribution >= 4 is 28.0 Å². The molecule has 8 heteroatoms. The highest BCUT2D eigenvalue weighted by atomic mass is 79.9. The fourth-order valence-electron chi connectivity index (χ4n) is 2.16. The Balaban J connectivity index is 1.90. The number of piperazine rings is 1. The van der Waals surface area contributed by atoms with Gasteiger partial charge in [0.2, 0.25) is 5.95 Å². The lowest BCUT2D eigenvalue weighted by atomic mass is 10.2. The Hall–Kier alpha value is -1.44. The Morgan fingerprint density at radius 2 is 1.87 bits per heavy atom. The summed E-state index contributed by atoms with van der Waals surface area (Å²) in [5, 5.41) is 0.226. The van der Waals surface area contributed by atoms with Gasteiger partial charge < -0.3 is 14.5 Å². The smallest absolute Gasteiger partial charge is 0.410 e. The summed E-state index contributed by atoms with van der Waals surface area (Å²) >= 11 is 3.10. The molecular weight excluding hydrogens is 367 g/mol. The van der Waals surface area contributed by atoms with E-state index in [4.69, 9.17) is 4.74 Å². The van der Waals surface area contributed by atoms with Crippen molar-refractivity contribution < 1.29 is 13.9 Å². The van der Waals surface area contributed by atoms with Crippen molar-refractivity contribution in [1.29, 1.82) is 0 Å². The minimum atomic E-state index is -1.10. The minimum Gasteiger partial charge on any atom is -0.444 e. The Morgan fingerprint density at radius 1 is 1.30 bits per heavy atom. The van der Waals surface area contributed by atoms with Crippen LogP contribution in [0, 0.1) is 0 Å². The summed E-state index contributed by atoms with van der Waals surface area (Å²) in [7, 11) is 0. The lowest BCUT2D eigenvalue weighted by Crippen LogP contribution is -2.50. The van der Waals surface area contributed by atoms with E-state index in [2.05, 4.69) is 25.9 Å². The molecule has 2 heterocycles. The predicted molar refractivity (Wildman–Crippen MR) is 89.7 cm³/mol. The molecule has 1 fully saturated rings. The van der Waals surface area contributed by atoms with Crippen molar-refractivity contribution in [3.8, 4) is 0 Å². The lowest BCUT2D eigenvalue weighted by Gasteiger charge is -2.35. The van der Waals surface area contributed by atoms with Crippen molar-refractivity contribution in [2.75, 3.05) is 36.4 Å². The second-order valence-corrected chi connectivity index (χ2v) is 7.04. The number of aromatic nitrogens is 2. The summed E-state index contributed by atoms with van der Waals surface area (Å²) in [6, 6.07) is 0. The van der Waals surface area contributed by atoms with Crippen LogP contribution in [0.3, 0.4) is 0 Å². The zero-order valence-corrected chi connectivity index (χ0v) is 15.2. The largest absolute Gasteiger partial charge is 0.444 e. The maximum absolute atomic E-state index is 13.5. The summed E-state index contributed by atoms with van der Waals surface area (Å²) in [4.78, 5) is 24.1. The number of hydrogen-bond acceptors (Lipinski definition) is 5. The normalized spacial score (nSPS) is 17.1. The number of anilines is 1. The van der Waals surface area contributed by atoms with E-state index in [1.807, 2.05) is 25.7 Å². The molecule has 1 amide bonds. The number of rotatable bonds is 3. The highest BCUT2D eigenvalue weighted by Gasteiger charge is 2.26. The molecule has 128 valence electrons. The molecule has 1 aliphatic rings. The van der Waals surface area contributed by atoms with Crippen LogP contribution in [0.5, 0.6) is 0 Å². The van der Waals surface area contributed by atoms with E-state index in [-0.39, 0.29) is 11.4 Å². The van der Waals surface area contributed by atoms with Gasteiger partial charge in [-0.3, -0.25) is 0 Å². The van der Waals surface area contributed by atoms with Crippen molar-refractivity contribution in [3.05, 3.63) is 18.0 Å². The summed E-state index contributed by atoms with van der Waals surface area (Å²) < 4.78 is 18.9. The summed E-state index contributed by atoms with van der Waals surface area (Å²) in [6.07, 6.45) is 1.61. The average molecular weight is 389 g/mol. The topological polar surface area (TPSA) is 58.6 Å². The van der Waals surface area contributed by atoms with Gasteiger partial charge in [-0.2, -0.15) is 0 Å². The van der Waals surface area contributed by atoms with Gasteiger partial charge in [0, 0.05) is 49.5 Å². The zero-order chi connectivity index (χ0) is 17.0. The van der Waals surface area contributed by atoms with Crippen LogP contribution in [-0.2, 0) is 4.74 Å². The summed E-state index contributed by atoms with van der Waals surface area (Å²) in [6.45, 7) is 7.89. The maximum Gasteiger partial charge on any atom is 0.410 e. The number of amides is 1. The van der Waals surface area contributed by atoms with Gasteiger partial charge in [0.15, 0.2) is 0 Å². The molecule has 1 unspecified atom stereocenters. The first-order valence-corrected chi connectivity index (χ1v) is 8.67. The molecule has 0 aromatic carbocycles. The number of halogens is 2. The second kappa shape index (κ2) is 7.42. The minimum absolute atomic E-state index is 0.226. The number of ether oxygens (including phenoxy) is 1. The van der Waals surface area contributed by atoms with E-state index in [1.54, 1.807) is 4.90 Å². The van der Waals surface area contributed by atoms with Crippen LogP contribution in [-0.4, -0.2) is 58.1 Å². The van der Waals surface area contributed by atoms with Gasteiger partial charge in [-0.1, -0.05) is 15.9 Å². The Morgan fingerprint density at radius 3 is 2.35 bits per heavy atom. The summed E-state index contributed by atoms with van der Waals surface area (Å²) in [5.74, 6) is 0.555. The van der Waals surface area contributed by atoms with Crippen LogP contribution >= 0.6 is 15.9 Å². The highest BCUT2D eigenvalue weighted by molar-refractivity contribution is 9.09. The third-order valence-corrected chi connectivity index (χ3v) is 3.94. The van der Waals surface area contributed by atoms with Gasteiger partial charge in [-0.05, 0) is 20.8 Å². The van der Waals surface area contributed by atoms with Crippen molar-refractivity contribution in [3.63, 3.8) is 0 Å². The molecule has 1 aromatic heterocycles. The van der Waals surface area contributed by atoms with Gasteiger partial charge in [-0.25, -0.2) is 19.2 Å². The number of carbonyl (C=O) groups is 1. The number of nitrogens with zero attached hydrogens (tertiary/aromatic N) is 4. The SMILES string of the molecule is CC(C)(C)OC(=O)N1CCN(c2ncc(C(F)CBr)cn2)CC1. The summed E-state index contributed by atoms with van der Waals surface area (Å²) in [5.41, 5.74) is -0.0381. The number of alkyl halides is 2. The van der Waals surface area contributed by atoms with Crippen molar-refractivity contribution in [2.24, 2.45) is 0 Å². The Labute approximate surface area is 144 Å². The molecule has 0 aliphatic carbocycles. The van der Waals surface area contributed by atoms with E-state index >= 15 is 0 Å². The highest BCUT2D eigenvalue weighted by Crippen LogP contribution is 2.20. The van der Waals surface area contributed by atoms with Crippen LogP contribution in [0.25, 0.3) is 0 Å². The lowest BCUT2D eigenvalue weighted by molar-refractivity contribution is 0.0240. The molecule has 1 aliphatic heterocycles. The molecule has 1 aromatic rings. The molecule has 6 nitrogen and oxygen atoms in total. The molecule has 2 rings (SSSR count). The first-order valence-electron chi connectivity index (χ1n) is 7.55. The van der Waals surface area contributed by atoms with E-state index in [9.17, 15) is 9.18 Å². The standard InChI is InChI=1S/C15H22BrFN4O2/c1-15(2,3)23-14(22)21-6-4-20(5-7-21)13-18-9-11(10-19-13)12(17)8-16/h9-10,12H,4-8H2,1-3H3. The molecule has 0 spiro atoms. The fourth-order valence-corrected chi connectivity index (χ4v) is 2.53. The fraction of sp³-hybridized carbons (Fsp3) is 0.667. The Bertz CT molecular complexity index is 527. The monoisotopic (exact) mass is 388 g/mol. The van der Waals surface area contributed by atoms with E-state index in [1.165, 1.54) is 12.4 Å². The third kappa shape index (κ3) is 5.02. The first kappa shape index (κ1) is 17.9. The molecule has 0 N–H and O–H groups in total. The van der Waals surface area contributed by atoms with Crippen LogP contribution in [0.15, 0.2) is 12.4 Å². The quantitative estimate of drug-likeness (QED) is 0.744. The van der Waals surface area contributed by atoms with E-state index < -0.39 is 11.8 Å². The zero-order valence-electron chi connectivity index (χ0n) is 13.6. The number of hydrogen-bond donors (Lipinski definition) is 0. The predicted octanol–water partition coefficient (Wildman–Crippen LogP) is 2.94. The molecule has 0 saturated carbocycles. The molecule has 0 bridgehead atoms. The van der Waals surface area contributed by atoms with Crippen LogP contribution in [0.1, 0.15) is 32.5 Å². The number of carbonyl (C=O) groups excluding carboxylic acids is 1. The van der Waals surface area contributed by atoms with Crippen LogP contribution in [0.4, 0.5) is 15.1 Å². The average Bonchev–Trinajstić information content (AvgIpc) is 2.53. The van der Waals surface area contributed by atoms with Gasteiger partial charge in [0.1, 0.15) is 11.8 Å². The van der Waals surface area contributed by atoms with Crippen LogP contribution in [0.2, 0.25) is 0 Å². The Kier molecular flexibility index (Phi) is 5.78. The van der Waals surface area contributed by atoms with Gasteiger partial charge in [0.25, 0.3) is 0 Å². The van der Waals surface area contributed by atoms with Crippen molar-refractivity contribution in [1.82, 2.24) is 14.9 Å². The van der Waals surface area contributed by atoms with E-state index in [0.717, 1.165) is 0 Å². The van der Waals surface area contributed by atoms with Gasteiger partial charge >= 0.3 is 6.09 Å². The third-order valence-electron chi connectivity index (χ3n) is 3.37. The van der Waals surface area contributed by atoms with Gasteiger partial charge in [0.05, 0.1) is 0 Å². The molecule has 0 radical (unpaired) electrons. The first-order chi connectivity index (χ1) is 10.8. The van der Waals surface area contributed by atoms with Crippen LogP contribution < -0.4 is 4.90 Å². The molecule has 1 saturated heterocycles. The molecule has 23 heavy (non-hydrogen) atoms.